The van der Waals surface area contributed by atoms with Crippen molar-refractivity contribution in [3.63, 3.8) is 0 Å². The zero-order chi connectivity index (χ0) is 17.1. The molecule has 3 aromatic heterocycles. The molecule has 5 nitrogen and oxygen atoms in total. The molecule has 4 rings (SSSR count). The van der Waals surface area contributed by atoms with Gasteiger partial charge < -0.3 is 9.32 Å². The largest absolute Gasteiger partial charge is 0.467 e. The Hall–Kier alpha value is -1.25. The lowest BCUT2D eigenvalue weighted by molar-refractivity contribution is 0.479. The SMILES string of the molecule is Brc1ccc(CSc2nnc(N3CCCCC3)n2Cc2ccco2)s1. The summed E-state index contributed by atoms with van der Waals surface area (Å²) >= 11 is 7.02. The van der Waals surface area contributed by atoms with Crippen molar-refractivity contribution in [1.82, 2.24) is 14.8 Å². The predicted molar refractivity (Wildman–Crippen MR) is 105 cm³/mol. The van der Waals surface area contributed by atoms with Gasteiger partial charge in [0.05, 0.1) is 16.6 Å². The Labute approximate surface area is 163 Å². The van der Waals surface area contributed by atoms with Crippen LogP contribution in [0.1, 0.15) is 29.9 Å². The van der Waals surface area contributed by atoms with Gasteiger partial charge in [0.25, 0.3) is 0 Å². The molecule has 0 saturated carbocycles. The quantitative estimate of drug-likeness (QED) is 0.505. The third kappa shape index (κ3) is 4.12. The van der Waals surface area contributed by atoms with E-state index in [1.54, 1.807) is 29.4 Å². The maximum Gasteiger partial charge on any atom is 0.228 e. The molecule has 1 aliphatic rings. The van der Waals surface area contributed by atoms with Crippen LogP contribution in [0.4, 0.5) is 5.95 Å². The molecule has 0 aliphatic carbocycles. The highest BCUT2D eigenvalue weighted by Crippen LogP contribution is 2.31. The second-order valence-electron chi connectivity index (χ2n) is 5.99. The summed E-state index contributed by atoms with van der Waals surface area (Å²) in [6, 6.07) is 8.18. The van der Waals surface area contributed by atoms with E-state index in [0.29, 0.717) is 6.54 Å². The van der Waals surface area contributed by atoms with Crippen molar-refractivity contribution < 1.29 is 4.42 Å². The first-order valence-electron chi connectivity index (χ1n) is 8.37. The first-order valence-corrected chi connectivity index (χ1v) is 11.0. The molecule has 0 unspecified atom stereocenters. The van der Waals surface area contributed by atoms with E-state index in [2.05, 4.69) is 47.7 Å². The molecular formula is C17H19BrN4OS2. The van der Waals surface area contributed by atoms with E-state index in [4.69, 9.17) is 4.42 Å². The van der Waals surface area contributed by atoms with E-state index in [1.807, 2.05) is 12.1 Å². The zero-order valence-corrected chi connectivity index (χ0v) is 16.9. The van der Waals surface area contributed by atoms with Gasteiger partial charge in [-0.1, -0.05) is 11.8 Å². The van der Waals surface area contributed by atoms with Gasteiger partial charge in [0.15, 0.2) is 5.16 Å². The van der Waals surface area contributed by atoms with Crippen LogP contribution in [0, 0.1) is 0 Å². The van der Waals surface area contributed by atoms with E-state index in [9.17, 15) is 0 Å². The Bertz CT molecular complexity index is 809. The number of halogens is 1. The molecule has 0 bridgehead atoms. The summed E-state index contributed by atoms with van der Waals surface area (Å²) in [6.45, 7) is 2.78. The molecule has 0 radical (unpaired) electrons. The van der Waals surface area contributed by atoms with Gasteiger partial charge in [0, 0.05) is 23.7 Å². The van der Waals surface area contributed by atoms with Crippen molar-refractivity contribution in [2.45, 2.75) is 36.7 Å². The zero-order valence-electron chi connectivity index (χ0n) is 13.7. The average molecular weight is 439 g/mol. The Morgan fingerprint density at radius 3 is 2.76 bits per heavy atom. The molecule has 0 aromatic carbocycles. The molecule has 0 amide bonds. The Balaban J connectivity index is 1.57. The molecule has 3 aromatic rings. The molecule has 132 valence electrons. The third-order valence-electron chi connectivity index (χ3n) is 4.20. The van der Waals surface area contributed by atoms with Gasteiger partial charge in [-0.05, 0) is 59.5 Å². The van der Waals surface area contributed by atoms with Crippen LogP contribution in [0.3, 0.4) is 0 Å². The van der Waals surface area contributed by atoms with Crippen molar-refractivity contribution in [3.05, 3.63) is 45.0 Å². The Morgan fingerprint density at radius 2 is 2.04 bits per heavy atom. The number of hydrogen-bond acceptors (Lipinski definition) is 6. The monoisotopic (exact) mass is 438 g/mol. The molecular weight excluding hydrogens is 420 g/mol. The predicted octanol–water partition coefficient (Wildman–Crippen LogP) is 5.03. The minimum absolute atomic E-state index is 0.669. The summed E-state index contributed by atoms with van der Waals surface area (Å²) in [5.41, 5.74) is 0. The fourth-order valence-corrected chi connectivity index (χ4v) is 5.44. The number of nitrogens with zero attached hydrogens (tertiary/aromatic N) is 4. The Kier molecular flexibility index (Phi) is 5.48. The molecule has 0 spiro atoms. The van der Waals surface area contributed by atoms with Crippen LogP contribution >= 0.6 is 39.0 Å². The highest BCUT2D eigenvalue weighted by atomic mass is 79.9. The van der Waals surface area contributed by atoms with Crippen LogP contribution in [0.2, 0.25) is 0 Å². The maximum atomic E-state index is 5.56. The van der Waals surface area contributed by atoms with Crippen LogP contribution in [-0.4, -0.2) is 27.9 Å². The lowest BCUT2D eigenvalue weighted by Gasteiger charge is -2.27. The van der Waals surface area contributed by atoms with Crippen molar-refractivity contribution in [1.29, 1.82) is 0 Å². The smallest absolute Gasteiger partial charge is 0.228 e. The third-order valence-corrected chi connectivity index (χ3v) is 7.02. The number of rotatable bonds is 6. The summed E-state index contributed by atoms with van der Waals surface area (Å²) < 4.78 is 8.92. The first kappa shape index (κ1) is 17.2. The maximum absolute atomic E-state index is 5.56. The van der Waals surface area contributed by atoms with Crippen LogP contribution in [0.15, 0.2) is 43.9 Å². The van der Waals surface area contributed by atoms with Gasteiger partial charge in [-0.3, -0.25) is 4.57 Å². The first-order chi connectivity index (χ1) is 12.3. The van der Waals surface area contributed by atoms with E-state index in [0.717, 1.165) is 39.5 Å². The van der Waals surface area contributed by atoms with Crippen LogP contribution in [0.5, 0.6) is 0 Å². The average Bonchev–Trinajstić information content (AvgIpc) is 3.36. The number of furan rings is 1. The highest BCUT2D eigenvalue weighted by molar-refractivity contribution is 9.11. The molecule has 1 aliphatic heterocycles. The normalized spacial score (nSPS) is 15.0. The number of piperidine rings is 1. The summed E-state index contributed by atoms with van der Waals surface area (Å²) in [7, 11) is 0. The molecule has 0 atom stereocenters. The number of thiophene rings is 1. The summed E-state index contributed by atoms with van der Waals surface area (Å²) in [5, 5.41) is 9.93. The van der Waals surface area contributed by atoms with Gasteiger partial charge in [-0.25, -0.2) is 0 Å². The lowest BCUT2D eigenvalue weighted by Crippen LogP contribution is -2.32. The van der Waals surface area contributed by atoms with Gasteiger partial charge in [0.2, 0.25) is 5.95 Å². The molecule has 0 N–H and O–H groups in total. The minimum atomic E-state index is 0.669. The Morgan fingerprint density at radius 1 is 1.16 bits per heavy atom. The summed E-state index contributed by atoms with van der Waals surface area (Å²) in [4.78, 5) is 3.68. The lowest BCUT2D eigenvalue weighted by atomic mass is 10.1. The van der Waals surface area contributed by atoms with Gasteiger partial charge in [-0.15, -0.1) is 21.5 Å². The van der Waals surface area contributed by atoms with E-state index in [-0.39, 0.29) is 0 Å². The van der Waals surface area contributed by atoms with E-state index in [1.165, 1.54) is 24.1 Å². The minimum Gasteiger partial charge on any atom is -0.467 e. The summed E-state index contributed by atoms with van der Waals surface area (Å²) in [5.74, 6) is 2.79. The second-order valence-corrected chi connectivity index (χ2v) is 9.48. The molecule has 8 heteroatoms. The van der Waals surface area contributed by atoms with Crippen molar-refractivity contribution in [3.8, 4) is 0 Å². The van der Waals surface area contributed by atoms with Crippen molar-refractivity contribution >= 4 is 45.0 Å². The second kappa shape index (κ2) is 7.97. The van der Waals surface area contributed by atoms with Crippen LogP contribution in [-0.2, 0) is 12.3 Å². The molecule has 1 fully saturated rings. The number of hydrogen-bond donors (Lipinski definition) is 0. The summed E-state index contributed by atoms with van der Waals surface area (Å²) in [6.07, 6.45) is 5.46. The molecule has 25 heavy (non-hydrogen) atoms. The molecule has 1 saturated heterocycles. The van der Waals surface area contributed by atoms with Gasteiger partial charge in [-0.2, -0.15) is 0 Å². The molecule has 4 heterocycles. The van der Waals surface area contributed by atoms with Crippen LogP contribution < -0.4 is 4.90 Å². The van der Waals surface area contributed by atoms with E-state index >= 15 is 0 Å². The van der Waals surface area contributed by atoms with Gasteiger partial charge in [0.1, 0.15) is 5.76 Å². The van der Waals surface area contributed by atoms with Crippen molar-refractivity contribution in [2.75, 3.05) is 18.0 Å². The van der Waals surface area contributed by atoms with Crippen molar-refractivity contribution in [2.24, 2.45) is 0 Å². The number of anilines is 1. The van der Waals surface area contributed by atoms with Gasteiger partial charge >= 0.3 is 0 Å². The van der Waals surface area contributed by atoms with Crippen LogP contribution in [0.25, 0.3) is 0 Å². The standard InChI is InChI=1S/C17H19BrN4OS2/c18-15-7-6-14(25-15)12-24-17-20-19-16(21-8-2-1-3-9-21)22(17)11-13-5-4-10-23-13/h4-7,10H,1-3,8-9,11-12H2. The number of aromatic nitrogens is 3. The number of thioether (sulfide) groups is 1. The highest BCUT2D eigenvalue weighted by Gasteiger charge is 2.21. The fraction of sp³-hybridized carbons (Fsp3) is 0.412. The topological polar surface area (TPSA) is 47.1 Å². The van der Waals surface area contributed by atoms with E-state index < -0.39 is 0 Å². The fourth-order valence-electron chi connectivity index (χ4n) is 2.98.